The number of rotatable bonds is 14. The molecular weight excluding hydrogens is 544 g/mol. The number of carbonyl (C=O) groups is 4. The Balaban J connectivity index is 1.70. The highest BCUT2D eigenvalue weighted by molar-refractivity contribution is 7.80. The monoisotopic (exact) mass is 578 g/mol. The Labute approximate surface area is 243 Å². The van der Waals surface area contributed by atoms with Gasteiger partial charge in [0.15, 0.2) is 0 Å². The maximum atomic E-state index is 13.3. The number of thiol groups is 1. The summed E-state index contributed by atoms with van der Waals surface area (Å²) >= 11 is 4.20. The molecule has 11 heteroatoms. The normalized spacial score (nSPS) is 13.7. The smallest absolute Gasteiger partial charge is 0.326 e. The molecule has 3 aromatic rings. The molecule has 216 valence electrons. The second-order valence-corrected chi connectivity index (χ2v) is 9.93. The Morgan fingerprint density at radius 3 is 1.59 bits per heavy atom. The van der Waals surface area contributed by atoms with E-state index >= 15 is 0 Å². The first-order chi connectivity index (χ1) is 19.7. The maximum Gasteiger partial charge on any atom is 0.326 e. The highest BCUT2D eigenvalue weighted by Gasteiger charge is 2.30. The Kier molecular flexibility index (Phi) is 11.7. The van der Waals surface area contributed by atoms with Gasteiger partial charge in [0.25, 0.3) is 0 Å². The van der Waals surface area contributed by atoms with Gasteiger partial charge in [-0.25, -0.2) is 4.79 Å². The second kappa shape index (κ2) is 15.4. The van der Waals surface area contributed by atoms with Crippen LogP contribution in [-0.4, -0.2) is 63.8 Å². The van der Waals surface area contributed by atoms with Gasteiger partial charge in [-0.2, -0.15) is 12.6 Å². The van der Waals surface area contributed by atoms with Crippen LogP contribution in [0.4, 0.5) is 0 Å². The van der Waals surface area contributed by atoms with Crippen molar-refractivity contribution in [3.05, 3.63) is 102 Å². The zero-order chi connectivity index (χ0) is 29.8. The summed E-state index contributed by atoms with van der Waals surface area (Å²) in [4.78, 5) is 51.2. The zero-order valence-electron chi connectivity index (χ0n) is 22.3. The van der Waals surface area contributed by atoms with E-state index in [1.165, 1.54) is 12.1 Å². The van der Waals surface area contributed by atoms with E-state index in [0.29, 0.717) is 0 Å². The SMILES string of the molecule is NC(Cc1ccc(O)cc1)C(=O)NC(CS)C(=O)NC(Cc1ccccc1)C(=O)NC(Cc1ccccc1)C(=O)O. The largest absolute Gasteiger partial charge is 0.508 e. The van der Waals surface area contributed by atoms with E-state index in [1.54, 1.807) is 66.7 Å². The van der Waals surface area contributed by atoms with Gasteiger partial charge in [-0.15, -0.1) is 0 Å². The van der Waals surface area contributed by atoms with E-state index in [0.717, 1.165) is 16.7 Å². The highest BCUT2D eigenvalue weighted by Crippen LogP contribution is 2.11. The average Bonchev–Trinajstić information content (AvgIpc) is 2.97. The summed E-state index contributed by atoms with van der Waals surface area (Å²) in [6.07, 6.45) is 0.315. The van der Waals surface area contributed by atoms with Crippen LogP contribution in [-0.2, 0) is 38.4 Å². The predicted molar refractivity (Wildman–Crippen MR) is 157 cm³/mol. The third-order valence-electron chi connectivity index (χ3n) is 6.36. The van der Waals surface area contributed by atoms with Crippen LogP contribution in [0.3, 0.4) is 0 Å². The number of carboxylic acids is 1. The first-order valence-corrected chi connectivity index (χ1v) is 13.7. The molecule has 3 amide bonds. The molecule has 0 heterocycles. The zero-order valence-corrected chi connectivity index (χ0v) is 23.2. The summed E-state index contributed by atoms with van der Waals surface area (Å²) in [6.45, 7) is 0. The lowest BCUT2D eigenvalue weighted by molar-refractivity contribution is -0.142. The molecule has 0 saturated carbocycles. The Morgan fingerprint density at radius 1 is 0.634 bits per heavy atom. The number of nitrogens with one attached hydrogen (secondary N) is 3. The standard InChI is InChI=1S/C30H34N4O6S/c31-23(15-21-11-13-22(35)14-12-21)27(36)34-26(18-41)29(38)32-24(16-19-7-3-1-4-8-19)28(37)33-25(30(39)40)17-20-9-5-2-6-10-20/h1-14,23-26,35,41H,15-18,31H2,(H,32,38)(H,33,37)(H,34,36)(H,39,40). The van der Waals surface area contributed by atoms with Crippen molar-refractivity contribution in [3.8, 4) is 5.75 Å². The summed E-state index contributed by atoms with van der Waals surface area (Å²) in [6, 6.07) is 19.6. The quantitative estimate of drug-likeness (QED) is 0.141. The number of hydrogen-bond donors (Lipinski definition) is 7. The number of phenols is 1. The van der Waals surface area contributed by atoms with Crippen LogP contribution in [0, 0.1) is 0 Å². The molecule has 0 spiro atoms. The number of aliphatic carboxylic acids is 1. The number of phenolic OH excluding ortho intramolecular Hbond substituents is 1. The Morgan fingerprint density at radius 2 is 1.07 bits per heavy atom. The van der Waals surface area contributed by atoms with Gasteiger partial charge in [0.2, 0.25) is 17.7 Å². The van der Waals surface area contributed by atoms with Crippen LogP contribution in [0.25, 0.3) is 0 Å². The number of hydrogen-bond acceptors (Lipinski definition) is 7. The van der Waals surface area contributed by atoms with Crippen molar-refractivity contribution in [2.75, 3.05) is 5.75 Å². The molecule has 10 nitrogen and oxygen atoms in total. The van der Waals surface area contributed by atoms with E-state index in [1.807, 2.05) is 6.07 Å². The number of nitrogens with two attached hydrogens (primary N) is 1. The minimum atomic E-state index is -1.22. The minimum Gasteiger partial charge on any atom is -0.508 e. The van der Waals surface area contributed by atoms with E-state index in [4.69, 9.17) is 5.73 Å². The lowest BCUT2D eigenvalue weighted by atomic mass is 10.0. The number of benzene rings is 3. The summed E-state index contributed by atoms with van der Waals surface area (Å²) < 4.78 is 0. The topological polar surface area (TPSA) is 171 Å². The molecule has 0 aliphatic heterocycles. The molecule has 0 saturated heterocycles. The van der Waals surface area contributed by atoms with Gasteiger partial charge < -0.3 is 31.9 Å². The van der Waals surface area contributed by atoms with Crippen LogP contribution < -0.4 is 21.7 Å². The average molecular weight is 579 g/mol. The molecule has 0 aliphatic carbocycles. The minimum absolute atomic E-state index is 0.0577. The number of carboxylic acid groups (broad SMARTS) is 1. The van der Waals surface area contributed by atoms with Gasteiger partial charge in [0.1, 0.15) is 23.9 Å². The third kappa shape index (κ3) is 9.96. The van der Waals surface area contributed by atoms with Crippen molar-refractivity contribution in [1.82, 2.24) is 16.0 Å². The lowest BCUT2D eigenvalue weighted by Gasteiger charge is -2.25. The Bertz CT molecular complexity index is 1310. The molecule has 7 N–H and O–H groups in total. The molecule has 0 fully saturated rings. The lowest BCUT2D eigenvalue weighted by Crippen LogP contribution is -2.58. The summed E-state index contributed by atoms with van der Waals surface area (Å²) in [5.74, 6) is -3.15. The van der Waals surface area contributed by atoms with Crippen LogP contribution >= 0.6 is 12.6 Å². The molecule has 0 bridgehead atoms. The predicted octanol–water partition coefficient (Wildman–Crippen LogP) is 1.22. The first-order valence-electron chi connectivity index (χ1n) is 13.0. The molecule has 4 unspecified atom stereocenters. The fraction of sp³-hybridized carbons (Fsp3) is 0.267. The molecule has 41 heavy (non-hydrogen) atoms. The van der Waals surface area contributed by atoms with Crippen molar-refractivity contribution < 1.29 is 29.4 Å². The van der Waals surface area contributed by atoms with E-state index in [2.05, 4.69) is 28.6 Å². The van der Waals surface area contributed by atoms with E-state index < -0.39 is 47.9 Å². The van der Waals surface area contributed by atoms with Crippen LogP contribution in [0.5, 0.6) is 5.75 Å². The summed E-state index contributed by atoms with van der Waals surface area (Å²) in [5, 5.41) is 26.9. The first kappa shape index (κ1) is 31.2. The van der Waals surface area contributed by atoms with E-state index in [9.17, 15) is 29.4 Å². The van der Waals surface area contributed by atoms with Gasteiger partial charge in [-0.1, -0.05) is 72.8 Å². The molecule has 3 aromatic carbocycles. The molecule has 0 aromatic heterocycles. The third-order valence-corrected chi connectivity index (χ3v) is 6.72. The molecule has 0 radical (unpaired) electrons. The summed E-state index contributed by atoms with van der Waals surface area (Å²) in [5.41, 5.74) is 8.23. The van der Waals surface area contributed by atoms with E-state index in [-0.39, 0.29) is 30.8 Å². The number of amides is 3. The maximum absolute atomic E-state index is 13.3. The fourth-order valence-electron chi connectivity index (χ4n) is 4.11. The van der Waals surface area contributed by atoms with Gasteiger partial charge in [-0.05, 0) is 35.2 Å². The van der Waals surface area contributed by atoms with Crippen LogP contribution in [0.1, 0.15) is 16.7 Å². The van der Waals surface area contributed by atoms with Crippen molar-refractivity contribution in [3.63, 3.8) is 0 Å². The van der Waals surface area contributed by atoms with Gasteiger partial charge >= 0.3 is 5.97 Å². The second-order valence-electron chi connectivity index (χ2n) is 9.56. The van der Waals surface area contributed by atoms with Crippen LogP contribution in [0.15, 0.2) is 84.9 Å². The summed E-state index contributed by atoms with van der Waals surface area (Å²) in [7, 11) is 0. The highest BCUT2D eigenvalue weighted by atomic mass is 32.1. The Hall–Kier alpha value is -4.35. The van der Waals surface area contributed by atoms with Crippen molar-refractivity contribution in [2.24, 2.45) is 5.73 Å². The van der Waals surface area contributed by atoms with Crippen molar-refractivity contribution in [2.45, 2.75) is 43.4 Å². The van der Waals surface area contributed by atoms with Gasteiger partial charge in [-0.3, -0.25) is 14.4 Å². The molecule has 4 atom stereocenters. The van der Waals surface area contributed by atoms with Crippen molar-refractivity contribution in [1.29, 1.82) is 0 Å². The number of aromatic hydroxyl groups is 1. The molecule has 0 aliphatic rings. The van der Waals surface area contributed by atoms with Crippen LogP contribution in [0.2, 0.25) is 0 Å². The van der Waals surface area contributed by atoms with Crippen molar-refractivity contribution >= 4 is 36.3 Å². The fourth-order valence-corrected chi connectivity index (χ4v) is 4.36. The number of carbonyl (C=O) groups excluding carboxylic acids is 3. The van der Waals surface area contributed by atoms with Gasteiger partial charge in [0.05, 0.1) is 6.04 Å². The molecular formula is C30H34N4O6S. The molecule has 3 rings (SSSR count). The van der Waals surface area contributed by atoms with Gasteiger partial charge in [0, 0.05) is 18.6 Å².